The number of hydrogen-bond acceptors (Lipinski definition) is 6. The molecule has 0 radical (unpaired) electrons. The third-order valence-corrected chi connectivity index (χ3v) is 6.06. The third-order valence-electron chi connectivity index (χ3n) is 5.10. The van der Waals surface area contributed by atoms with Crippen LogP contribution in [0, 0.1) is 0 Å². The van der Waals surface area contributed by atoms with Gasteiger partial charge in [0, 0.05) is 12.6 Å². The van der Waals surface area contributed by atoms with Crippen LogP contribution < -0.4 is 14.8 Å². The number of carbonyl (C=O) groups is 1. The lowest BCUT2D eigenvalue weighted by molar-refractivity contribution is -0.119. The third kappa shape index (κ3) is 5.78. The van der Waals surface area contributed by atoms with Crippen LogP contribution >= 0.6 is 11.8 Å². The Kier molecular flexibility index (Phi) is 8.19. The number of nitrogens with one attached hydrogen (secondary N) is 1. The Morgan fingerprint density at radius 2 is 2.03 bits per heavy atom. The zero-order chi connectivity index (χ0) is 21.3. The number of thioether (sulfide) groups is 1. The van der Waals surface area contributed by atoms with Gasteiger partial charge in [0.25, 0.3) is 0 Å². The lowest BCUT2D eigenvalue weighted by atomic mass is 9.95. The summed E-state index contributed by atoms with van der Waals surface area (Å²) in [6.07, 6.45) is 7.24. The number of para-hydroxylation sites is 2. The first-order valence-electron chi connectivity index (χ1n) is 10.4. The molecule has 162 valence electrons. The van der Waals surface area contributed by atoms with Crippen LogP contribution in [0.25, 0.3) is 0 Å². The fraction of sp³-hybridized carbons (Fsp3) is 0.500. The van der Waals surface area contributed by atoms with Gasteiger partial charge in [0.05, 0.1) is 12.9 Å². The molecular weight excluding hydrogens is 400 g/mol. The fourth-order valence-electron chi connectivity index (χ4n) is 3.61. The molecule has 1 unspecified atom stereocenters. The van der Waals surface area contributed by atoms with Crippen molar-refractivity contribution in [2.45, 2.75) is 62.9 Å². The molecule has 0 aliphatic heterocycles. The van der Waals surface area contributed by atoms with E-state index < -0.39 is 0 Å². The normalized spacial score (nSPS) is 15.4. The molecular formula is C22H30N4O3S. The molecule has 3 rings (SSSR count). The number of methoxy groups -OCH3 is 1. The molecule has 30 heavy (non-hydrogen) atoms. The van der Waals surface area contributed by atoms with Gasteiger partial charge >= 0.3 is 0 Å². The average molecular weight is 431 g/mol. The van der Waals surface area contributed by atoms with Gasteiger partial charge in [0.1, 0.15) is 0 Å². The maximum atomic E-state index is 12.4. The predicted octanol–water partition coefficient (Wildman–Crippen LogP) is 4.15. The molecule has 0 bridgehead atoms. The fourth-order valence-corrected chi connectivity index (χ4v) is 4.38. The van der Waals surface area contributed by atoms with Crippen molar-refractivity contribution in [1.29, 1.82) is 0 Å². The molecule has 7 nitrogen and oxygen atoms in total. The molecule has 0 spiro atoms. The summed E-state index contributed by atoms with van der Waals surface area (Å²) in [7, 11) is 1.61. The SMILES string of the molecule is C=CCn1c(SCC(=O)NC2CCCCC2)nnc1C(C)Oc1ccccc1OC. The van der Waals surface area contributed by atoms with Gasteiger partial charge in [-0.1, -0.05) is 49.2 Å². The average Bonchev–Trinajstić information content (AvgIpc) is 3.16. The molecule has 1 aliphatic rings. The van der Waals surface area contributed by atoms with Gasteiger partial charge in [-0.25, -0.2) is 0 Å². The largest absolute Gasteiger partial charge is 0.493 e. The highest BCUT2D eigenvalue weighted by Gasteiger charge is 2.21. The maximum Gasteiger partial charge on any atom is 0.230 e. The molecule has 2 aromatic rings. The summed E-state index contributed by atoms with van der Waals surface area (Å²) >= 11 is 1.39. The monoisotopic (exact) mass is 430 g/mol. The molecule has 1 saturated carbocycles. The summed E-state index contributed by atoms with van der Waals surface area (Å²) in [4.78, 5) is 12.4. The molecule has 1 aromatic heterocycles. The van der Waals surface area contributed by atoms with Crippen molar-refractivity contribution in [3.63, 3.8) is 0 Å². The number of allylic oxidation sites excluding steroid dienone is 1. The van der Waals surface area contributed by atoms with E-state index in [1.54, 1.807) is 13.2 Å². The van der Waals surface area contributed by atoms with Crippen molar-refractivity contribution >= 4 is 17.7 Å². The Morgan fingerprint density at radius 3 is 2.73 bits per heavy atom. The number of ether oxygens (including phenoxy) is 2. The van der Waals surface area contributed by atoms with E-state index in [2.05, 4.69) is 22.1 Å². The van der Waals surface area contributed by atoms with Crippen molar-refractivity contribution in [2.24, 2.45) is 0 Å². The van der Waals surface area contributed by atoms with Gasteiger partial charge in [-0.2, -0.15) is 0 Å². The number of aromatic nitrogens is 3. The number of benzene rings is 1. The first-order valence-corrected chi connectivity index (χ1v) is 11.4. The van der Waals surface area contributed by atoms with Crippen molar-refractivity contribution < 1.29 is 14.3 Å². The quantitative estimate of drug-likeness (QED) is 0.451. The maximum absolute atomic E-state index is 12.4. The lowest BCUT2D eigenvalue weighted by Crippen LogP contribution is -2.37. The Morgan fingerprint density at radius 1 is 1.30 bits per heavy atom. The smallest absolute Gasteiger partial charge is 0.230 e. The molecule has 1 amide bonds. The van der Waals surface area contributed by atoms with Crippen LogP contribution in [0.4, 0.5) is 0 Å². The van der Waals surface area contributed by atoms with Crippen LogP contribution in [-0.4, -0.2) is 39.6 Å². The van der Waals surface area contributed by atoms with Crippen LogP contribution in [0.5, 0.6) is 11.5 Å². The zero-order valence-electron chi connectivity index (χ0n) is 17.7. The zero-order valence-corrected chi connectivity index (χ0v) is 18.5. The number of amides is 1. The van der Waals surface area contributed by atoms with Gasteiger partial charge in [0.15, 0.2) is 28.6 Å². The van der Waals surface area contributed by atoms with Gasteiger partial charge in [0.2, 0.25) is 5.91 Å². The molecule has 8 heteroatoms. The summed E-state index contributed by atoms with van der Waals surface area (Å²) in [5, 5.41) is 12.4. The highest BCUT2D eigenvalue weighted by Crippen LogP contribution is 2.31. The highest BCUT2D eigenvalue weighted by molar-refractivity contribution is 7.99. The van der Waals surface area contributed by atoms with Gasteiger partial charge < -0.3 is 14.8 Å². The van der Waals surface area contributed by atoms with E-state index in [0.717, 1.165) is 12.8 Å². The molecule has 0 saturated heterocycles. The van der Waals surface area contributed by atoms with E-state index in [4.69, 9.17) is 9.47 Å². The minimum atomic E-state index is -0.348. The lowest BCUT2D eigenvalue weighted by Gasteiger charge is -2.22. The molecule has 1 aromatic carbocycles. The molecule has 1 fully saturated rings. The summed E-state index contributed by atoms with van der Waals surface area (Å²) in [5.74, 6) is 2.33. The molecule has 1 aliphatic carbocycles. The number of nitrogens with zero attached hydrogens (tertiary/aromatic N) is 3. The summed E-state index contributed by atoms with van der Waals surface area (Å²) in [6.45, 7) is 6.29. The summed E-state index contributed by atoms with van der Waals surface area (Å²) in [6, 6.07) is 7.80. The van der Waals surface area contributed by atoms with Gasteiger partial charge in [-0.3, -0.25) is 9.36 Å². The van der Waals surface area contributed by atoms with E-state index in [1.165, 1.54) is 31.0 Å². The van der Waals surface area contributed by atoms with Crippen LogP contribution in [-0.2, 0) is 11.3 Å². The minimum Gasteiger partial charge on any atom is -0.493 e. The minimum absolute atomic E-state index is 0.0416. The predicted molar refractivity (Wildman–Crippen MR) is 118 cm³/mol. The Labute approximate surface area is 182 Å². The van der Waals surface area contributed by atoms with E-state index in [0.29, 0.717) is 40.8 Å². The topological polar surface area (TPSA) is 78.3 Å². The Hall–Kier alpha value is -2.48. The number of carbonyl (C=O) groups excluding carboxylic acids is 1. The standard InChI is InChI=1S/C22H30N4O3S/c1-4-14-26-21(16(2)29-19-13-9-8-12-18(19)28-3)24-25-22(26)30-15-20(27)23-17-10-6-5-7-11-17/h4,8-9,12-13,16-17H,1,5-7,10-11,14-15H2,2-3H3,(H,23,27). The van der Waals surface area contributed by atoms with E-state index in [-0.39, 0.29) is 12.0 Å². The molecule has 1 heterocycles. The van der Waals surface area contributed by atoms with Crippen LogP contribution in [0.2, 0.25) is 0 Å². The second-order valence-electron chi connectivity index (χ2n) is 7.34. The molecule has 1 atom stereocenters. The highest BCUT2D eigenvalue weighted by atomic mass is 32.2. The number of hydrogen-bond donors (Lipinski definition) is 1. The van der Waals surface area contributed by atoms with Crippen LogP contribution in [0.3, 0.4) is 0 Å². The summed E-state index contributed by atoms with van der Waals surface area (Å²) < 4.78 is 13.4. The van der Waals surface area contributed by atoms with Crippen LogP contribution in [0.1, 0.15) is 51.0 Å². The van der Waals surface area contributed by atoms with Crippen molar-refractivity contribution in [1.82, 2.24) is 20.1 Å². The second kappa shape index (κ2) is 11.1. The van der Waals surface area contributed by atoms with Crippen molar-refractivity contribution in [3.05, 3.63) is 42.7 Å². The summed E-state index contributed by atoms with van der Waals surface area (Å²) in [5.41, 5.74) is 0. The Balaban J connectivity index is 1.65. The first kappa shape index (κ1) is 22.2. The van der Waals surface area contributed by atoms with E-state index in [1.807, 2.05) is 35.8 Å². The Bertz CT molecular complexity index is 849. The first-order chi connectivity index (χ1) is 14.6. The molecule has 1 N–H and O–H groups in total. The van der Waals surface area contributed by atoms with Crippen LogP contribution in [0.15, 0.2) is 42.1 Å². The van der Waals surface area contributed by atoms with E-state index in [9.17, 15) is 4.79 Å². The van der Waals surface area contributed by atoms with Crippen molar-refractivity contribution in [3.8, 4) is 11.5 Å². The van der Waals surface area contributed by atoms with Crippen molar-refractivity contribution in [2.75, 3.05) is 12.9 Å². The second-order valence-corrected chi connectivity index (χ2v) is 8.28. The number of rotatable bonds is 10. The van der Waals surface area contributed by atoms with E-state index >= 15 is 0 Å². The van der Waals surface area contributed by atoms with Gasteiger partial charge in [-0.05, 0) is 31.9 Å². The van der Waals surface area contributed by atoms with Gasteiger partial charge in [-0.15, -0.1) is 16.8 Å².